The van der Waals surface area contributed by atoms with Crippen LogP contribution in [0, 0.1) is 5.82 Å². The normalized spacial score (nSPS) is 17.6. The van der Waals surface area contributed by atoms with Crippen LogP contribution in [-0.2, 0) is 15.9 Å². The van der Waals surface area contributed by atoms with Crippen molar-refractivity contribution in [2.75, 3.05) is 19.8 Å². The lowest BCUT2D eigenvalue weighted by Crippen LogP contribution is -2.35. The maximum Gasteiger partial charge on any atom is 0.159 e. The van der Waals surface area contributed by atoms with Crippen LogP contribution in [0.3, 0.4) is 0 Å². The summed E-state index contributed by atoms with van der Waals surface area (Å²) >= 11 is 5.83. The fourth-order valence-electron chi connectivity index (χ4n) is 2.31. The molecule has 1 unspecified atom stereocenters. The SMILES string of the molecule is CCCNC(Cc1ccc(F)c(Cl)c1)CC1OCCO1. The molecule has 0 aliphatic carbocycles. The van der Waals surface area contributed by atoms with Gasteiger partial charge >= 0.3 is 0 Å². The molecule has 0 saturated carbocycles. The number of ether oxygens (including phenoxy) is 2. The second kappa shape index (κ2) is 7.93. The molecule has 2 rings (SSSR count). The van der Waals surface area contributed by atoms with Gasteiger partial charge in [-0.25, -0.2) is 4.39 Å². The predicted molar refractivity (Wildman–Crippen MR) is 77.5 cm³/mol. The molecule has 1 N–H and O–H groups in total. The van der Waals surface area contributed by atoms with Gasteiger partial charge in [0, 0.05) is 12.5 Å². The first-order valence-electron chi connectivity index (χ1n) is 7.09. The molecular weight excluding hydrogens is 281 g/mol. The Bertz CT molecular complexity index is 424. The third-order valence-electron chi connectivity index (χ3n) is 3.32. The van der Waals surface area contributed by atoms with E-state index < -0.39 is 0 Å². The molecule has 20 heavy (non-hydrogen) atoms. The standard InChI is InChI=1S/C15H21ClFNO2/c1-2-5-18-12(10-15-19-6-7-20-15)8-11-3-4-14(17)13(16)9-11/h3-4,9,12,15,18H,2,5-8,10H2,1H3. The highest BCUT2D eigenvalue weighted by Gasteiger charge is 2.21. The molecular formula is C15H21ClFNO2. The lowest BCUT2D eigenvalue weighted by molar-refractivity contribution is -0.0526. The second-order valence-corrected chi connectivity index (χ2v) is 5.42. The van der Waals surface area contributed by atoms with Crippen molar-refractivity contribution in [2.45, 2.75) is 38.5 Å². The average Bonchev–Trinajstić information content (AvgIpc) is 2.93. The van der Waals surface area contributed by atoms with Crippen LogP contribution in [0.5, 0.6) is 0 Å². The Labute approximate surface area is 124 Å². The Balaban J connectivity index is 1.95. The van der Waals surface area contributed by atoms with Crippen LogP contribution in [0.4, 0.5) is 4.39 Å². The summed E-state index contributed by atoms with van der Waals surface area (Å²) in [6.07, 6.45) is 2.49. The van der Waals surface area contributed by atoms with Gasteiger partial charge in [0.2, 0.25) is 0 Å². The predicted octanol–water partition coefficient (Wildman–Crippen LogP) is 3.15. The van der Waals surface area contributed by atoms with Gasteiger partial charge in [-0.3, -0.25) is 0 Å². The summed E-state index contributed by atoms with van der Waals surface area (Å²) in [6, 6.07) is 5.11. The van der Waals surface area contributed by atoms with E-state index in [4.69, 9.17) is 21.1 Å². The van der Waals surface area contributed by atoms with Gasteiger partial charge in [0.05, 0.1) is 18.2 Å². The molecule has 1 fully saturated rings. The van der Waals surface area contributed by atoms with Gasteiger partial charge < -0.3 is 14.8 Å². The number of nitrogens with one attached hydrogen (secondary N) is 1. The Kier molecular flexibility index (Phi) is 6.23. The summed E-state index contributed by atoms with van der Waals surface area (Å²) in [5.74, 6) is -0.379. The number of halogens is 2. The molecule has 1 atom stereocenters. The van der Waals surface area contributed by atoms with Crippen molar-refractivity contribution >= 4 is 11.6 Å². The van der Waals surface area contributed by atoms with Crippen LogP contribution in [0.25, 0.3) is 0 Å². The first-order valence-corrected chi connectivity index (χ1v) is 7.47. The Morgan fingerprint density at radius 3 is 2.80 bits per heavy atom. The molecule has 0 amide bonds. The van der Waals surface area contributed by atoms with Crippen molar-refractivity contribution < 1.29 is 13.9 Å². The van der Waals surface area contributed by atoms with Gasteiger partial charge in [-0.05, 0) is 37.1 Å². The molecule has 1 aliphatic rings. The van der Waals surface area contributed by atoms with E-state index in [1.807, 2.05) is 0 Å². The minimum Gasteiger partial charge on any atom is -0.350 e. The number of rotatable bonds is 7. The maximum atomic E-state index is 13.2. The maximum absolute atomic E-state index is 13.2. The largest absolute Gasteiger partial charge is 0.350 e. The van der Waals surface area contributed by atoms with Gasteiger partial charge in [0.1, 0.15) is 5.82 Å². The van der Waals surface area contributed by atoms with Crippen LogP contribution in [0.2, 0.25) is 5.02 Å². The highest BCUT2D eigenvalue weighted by Crippen LogP contribution is 2.19. The van der Waals surface area contributed by atoms with E-state index in [1.54, 1.807) is 12.1 Å². The van der Waals surface area contributed by atoms with E-state index in [9.17, 15) is 4.39 Å². The average molecular weight is 302 g/mol. The molecule has 0 radical (unpaired) electrons. The van der Waals surface area contributed by atoms with E-state index in [2.05, 4.69) is 12.2 Å². The van der Waals surface area contributed by atoms with Gasteiger partial charge in [0.25, 0.3) is 0 Å². The van der Waals surface area contributed by atoms with Crippen molar-refractivity contribution in [1.82, 2.24) is 5.32 Å². The molecule has 0 spiro atoms. The van der Waals surface area contributed by atoms with Gasteiger partial charge in [-0.2, -0.15) is 0 Å². The zero-order chi connectivity index (χ0) is 14.4. The highest BCUT2D eigenvalue weighted by molar-refractivity contribution is 6.30. The summed E-state index contributed by atoms with van der Waals surface area (Å²) in [4.78, 5) is 0. The molecule has 1 aliphatic heterocycles. The second-order valence-electron chi connectivity index (χ2n) is 5.01. The monoisotopic (exact) mass is 301 g/mol. The molecule has 1 aromatic carbocycles. The summed E-state index contributed by atoms with van der Waals surface area (Å²) in [5.41, 5.74) is 1.02. The van der Waals surface area contributed by atoms with E-state index in [0.717, 1.165) is 31.4 Å². The van der Waals surface area contributed by atoms with Crippen molar-refractivity contribution in [3.8, 4) is 0 Å². The zero-order valence-electron chi connectivity index (χ0n) is 11.7. The lowest BCUT2D eigenvalue weighted by Gasteiger charge is -2.21. The Hall–Kier alpha value is -0.680. The number of hydrogen-bond acceptors (Lipinski definition) is 3. The van der Waals surface area contributed by atoms with Crippen molar-refractivity contribution in [3.63, 3.8) is 0 Å². The van der Waals surface area contributed by atoms with Gasteiger partial charge in [-0.15, -0.1) is 0 Å². The third-order valence-corrected chi connectivity index (χ3v) is 3.61. The molecule has 3 nitrogen and oxygen atoms in total. The van der Waals surface area contributed by atoms with Crippen LogP contribution >= 0.6 is 11.6 Å². The molecule has 0 aromatic heterocycles. The smallest absolute Gasteiger partial charge is 0.159 e. The number of benzene rings is 1. The van der Waals surface area contributed by atoms with E-state index in [-0.39, 0.29) is 23.2 Å². The summed E-state index contributed by atoms with van der Waals surface area (Å²) < 4.78 is 24.2. The van der Waals surface area contributed by atoms with E-state index >= 15 is 0 Å². The van der Waals surface area contributed by atoms with Crippen LogP contribution in [0.1, 0.15) is 25.3 Å². The molecule has 1 heterocycles. The van der Waals surface area contributed by atoms with Crippen molar-refractivity contribution in [3.05, 3.63) is 34.6 Å². The van der Waals surface area contributed by atoms with Gasteiger partial charge in [0.15, 0.2) is 6.29 Å². The van der Waals surface area contributed by atoms with Crippen molar-refractivity contribution in [1.29, 1.82) is 0 Å². The van der Waals surface area contributed by atoms with Crippen LogP contribution in [-0.4, -0.2) is 32.1 Å². The summed E-state index contributed by atoms with van der Waals surface area (Å²) in [6.45, 7) is 4.38. The van der Waals surface area contributed by atoms with Crippen LogP contribution in [0.15, 0.2) is 18.2 Å². The lowest BCUT2D eigenvalue weighted by atomic mass is 10.0. The molecule has 112 valence electrons. The topological polar surface area (TPSA) is 30.5 Å². The van der Waals surface area contributed by atoms with Gasteiger partial charge in [-0.1, -0.05) is 24.6 Å². The quantitative estimate of drug-likeness (QED) is 0.839. The minimum atomic E-state index is -0.379. The fraction of sp³-hybridized carbons (Fsp3) is 0.600. The van der Waals surface area contributed by atoms with Crippen molar-refractivity contribution in [2.24, 2.45) is 0 Å². The molecule has 1 aromatic rings. The zero-order valence-corrected chi connectivity index (χ0v) is 12.5. The summed E-state index contributed by atoms with van der Waals surface area (Å²) in [5, 5.41) is 3.65. The Morgan fingerprint density at radius 1 is 1.40 bits per heavy atom. The first-order chi connectivity index (χ1) is 9.69. The summed E-state index contributed by atoms with van der Waals surface area (Å²) in [7, 11) is 0. The van der Waals surface area contributed by atoms with E-state index in [0.29, 0.717) is 13.2 Å². The Morgan fingerprint density at radius 2 is 2.15 bits per heavy atom. The molecule has 0 bridgehead atoms. The minimum absolute atomic E-state index is 0.139. The fourth-order valence-corrected chi connectivity index (χ4v) is 2.52. The number of hydrogen-bond donors (Lipinski definition) is 1. The molecule has 5 heteroatoms. The van der Waals surface area contributed by atoms with Crippen LogP contribution < -0.4 is 5.32 Å². The molecule has 1 saturated heterocycles. The highest BCUT2D eigenvalue weighted by atomic mass is 35.5. The third kappa shape index (κ3) is 4.70. The van der Waals surface area contributed by atoms with E-state index in [1.165, 1.54) is 6.07 Å². The first kappa shape index (κ1) is 15.7.